The van der Waals surface area contributed by atoms with E-state index in [1.54, 1.807) is 0 Å². The van der Waals surface area contributed by atoms with Crippen molar-refractivity contribution in [2.24, 2.45) is 0 Å². The summed E-state index contributed by atoms with van der Waals surface area (Å²) in [5.41, 5.74) is 0. The Morgan fingerprint density at radius 1 is 0.429 bits per heavy atom. The normalized spacial score (nSPS) is 19.2. The van der Waals surface area contributed by atoms with E-state index in [1.807, 2.05) is 0 Å². The Labute approximate surface area is 434 Å². The zero-order valence-corrected chi connectivity index (χ0v) is 46.6. The first-order chi connectivity index (χ1) is 34.3. The summed E-state index contributed by atoms with van der Waals surface area (Å²) in [6.07, 6.45) is 55.9. The maximum absolute atomic E-state index is 13.0. The van der Waals surface area contributed by atoms with Gasteiger partial charge in [0.05, 0.1) is 25.4 Å². The molecule has 70 heavy (non-hydrogen) atoms. The SMILES string of the molecule is CCCCCCCCCCCCCCCCCCCCCCCCCCCCCCCCCCCC(O)C(COC1OC(CO)C(O)C(O)C1O)NC(=O)CCCCCCCCCCCCCCCC. The summed E-state index contributed by atoms with van der Waals surface area (Å²) in [7, 11) is 0. The van der Waals surface area contributed by atoms with Crippen LogP contribution in [0.15, 0.2) is 0 Å². The van der Waals surface area contributed by atoms with Gasteiger partial charge in [-0.3, -0.25) is 4.79 Å². The van der Waals surface area contributed by atoms with Crippen molar-refractivity contribution < 1.29 is 39.8 Å². The van der Waals surface area contributed by atoms with Gasteiger partial charge in [-0.2, -0.15) is 0 Å². The minimum Gasteiger partial charge on any atom is -0.394 e. The molecule has 6 N–H and O–H groups in total. The van der Waals surface area contributed by atoms with E-state index in [4.69, 9.17) is 9.47 Å². The van der Waals surface area contributed by atoms with Crippen LogP contribution in [-0.4, -0.2) is 87.5 Å². The fourth-order valence-electron chi connectivity index (χ4n) is 10.5. The highest BCUT2D eigenvalue weighted by molar-refractivity contribution is 5.76. The molecule has 0 aromatic carbocycles. The molecule has 0 aromatic rings. The van der Waals surface area contributed by atoms with Gasteiger partial charge in [-0.1, -0.05) is 309 Å². The minimum absolute atomic E-state index is 0.131. The molecular formula is C61H121NO8. The van der Waals surface area contributed by atoms with Crippen LogP contribution in [0.5, 0.6) is 0 Å². The number of unbranched alkanes of at least 4 members (excludes halogenated alkanes) is 45. The average Bonchev–Trinajstić information content (AvgIpc) is 3.36. The van der Waals surface area contributed by atoms with Crippen LogP contribution in [0, 0.1) is 0 Å². The summed E-state index contributed by atoms with van der Waals surface area (Å²) < 4.78 is 11.3. The first-order valence-electron chi connectivity index (χ1n) is 31.2. The van der Waals surface area contributed by atoms with Crippen molar-refractivity contribution in [3.05, 3.63) is 0 Å². The Morgan fingerprint density at radius 3 is 1.01 bits per heavy atom. The predicted molar refractivity (Wildman–Crippen MR) is 295 cm³/mol. The van der Waals surface area contributed by atoms with Crippen molar-refractivity contribution >= 4 is 5.91 Å². The molecule has 0 bridgehead atoms. The Hall–Kier alpha value is -0.810. The first-order valence-corrected chi connectivity index (χ1v) is 31.2. The topological polar surface area (TPSA) is 149 Å². The number of ether oxygens (including phenoxy) is 2. The van der Waals surface area contributed by atoms with E-state index in [0.717, 1.165) is 38.5 Å². The van der Waals surface area contributed by atoms with Crippen molar-refractivity contribution in [3.63, 3.8) is 0 Å². The standard InChI is InChI=1S/C61H121NO8/c1-3-5-7-9-11-13-15-17-19-20-21-22-23-24-25-26-27-28-29-30-31-32-33-34-35-36-37-38-40-42-44-46-48-50-55(64)54(53-69-61-60(68)59(67)58(66)56(52-63)70-61)62-57(65)51-49-47-45-43-41-39-18-16-14-12-10-8-6-4-2/h54-56,58-61,63-64,66-68H,3-53H2,1-2H3,(H,62,65). The molecule has 9 heteroatoms. The summed E-state index contributed by atoms with van der Waals surface area (Å²) in [6, 6.07) is -0.713. The molecule has 1 rings (SSSR count). The summed E-state index contributed by atoms with van der Waals surface area (Å²) in [6.45, 7) is 3.88. The van der Waals surface area contributed by atoms with Crippen molar-refractivity contribution in [1.29, 1.82) is 0 Å². The lowest BCUT2D eigenvalue weighted by Crippen LogP contribution is -2.60. The molecule has 418 valence electrons. The van der Waals surface area contributed by atoms with Crippen LogP contribution in [0.1, 0.15) is 328 Å². The molecule has 0 aliphatic carbocycles. The third-order valence-corrected chi connectivity index (χ3v) is 15.5. The molecule has 0 saturated carbocycles. The Balaban J connectivity index is 2.08. The quantitative estimate of drug-likeness (QED) is 0.0330. The van der Waals surface area contributed by atoms with Gasteiger partial charge in [-0.15, -0.1) is 0 Å². The van der Waals surface area contributed by atoms with Gasteiger partial charge in [0, 0.05) is 6.42 Å². The average molecular weight is 997 g/mol. The van der Waals surface area contributed by atoms with Gasteiger partial charge < -0.3 is 40.3 Å². The molecule has 7 atom stereocenters. The largest absolute Gasteiger partial charge is 0.394 e. The molecule has 1 heterocycles. The van der Waals surface area contributed by atoms with Crippen LogP contribution in [-0.2, 0) is 14.3 Å². The number of nitrogens with one attached hydrogen (secondary N) is 1. The number of carbonyl (C=O) groups excluding carboxylic acids is 1. The number of aliphatic hydroxyl groups is 5. The number of amides is 1. The lowest BCUT2D eigenvalue weighted by molar-refractivity contribution is -0.302. The number of hydrogen-bond acceptors (Lipinski definition) is 8. The summed E-state index contributed by atoms with van der Waals surface area (Å²) in [5.74, 6) is -0.137. The maximum Gasteiger partial charge on any atom is 0.220 e. The fourth-order valence-corrected chi connectivity index (χ4v) is 10.5. The summed E-state index contributed by atoms with van der Waals surface area (Å²) >= 11 is 0. The third kappa shape index (κ3) is 40.6. The smallest absolute Gasteiger partial charge is 0.220 e. The number of rotatable bonds is 55. The molecule has 1 aliphatic heterocycles. The van der Waals surface area contributed by atoms with Gasteiger partial charge in [-0.25, -0.2) is 0 Å². The molecule has 0 aromatic heterocycles. The van der Waals surface area contributed by atoms with Crippen LogP contribution < -0.4 is 5.32 Å². The number of hydrogen-bond donors (Lipinski definition) is 6. The van der Waals surface area contributed by atoms with Gasteiger partial charge in [0.2, 0.25) is 5.91 Å². The molecule has 1 saturated heterocycles. The van der Waals surface area contributed by atoms with E-state index in [2.05, 4.69) is 19.2 Å². The van der Waals surface area contributed by atoms with Crippen LogP contribution in [0.25, 0.3) is 0 Å². The van der Waals surface area contributed by atoms with E-state index >= 15 is 0 Å². The van der Waals surface area contributed by atoms with Gasteiger partial charge >= 0.3 is 0 Å². The van der Waals surface area contributed by atoms with Gasteiger partial charge in [0.25, 0.3) is 0 Å². The van der Waals surface area contributed by atoms with Crippen molar-refractivity contribution in [2.75, 3.05) is 13.2 Å². The Bertz CT molecular complexity index is 1060. The van der Waals surface area contributed by atoms with Gasteiger partial charge in [0.1, 0.15) is 24.4 Å². The highest BCUT2D eigenvalue weighted by Crippen LogP contribution is 2.24. The monoisotopic (exact) mass is 996 g/mol. The second-order valence-corrected chi connectivity index (χ2v) is 22.2. The first kappa shape index (κ1) is 67.2. The highest BCUT2D eigenvalue weighted by Gasteiger charge is 2.44. The Kier molecular flexibility index (Phi) is 49.6. The molecule has 1 amide bonds. The molecule has 0 radical (unpaired) electrons. The fraction of sp³-hybridized carbons (Fsp3) is 0.984. The highest BCUT2D eigenvalue weighted by atomic mass is 16.7. The molecule has 9 nitrogen and oxygen atoms in total. The van der Waals surface area contributed by atoms with E-state index in [1.165, 1.54) is 263 Å². The van der Waals surface area contributed by atoms with Gasteiger partial charge in [0.15, 0.2) is 6.29 Å². The zero-order valence-electron chi connectivity index (χ0n) is 46.6. The molecule has 7 unspecified atom stereocenters. The Morgan fingerprint density at radius 2 is 0.714 bits per heavy atom. The van der Waals surface area contributed by atoms with Crippen LogP contribution in [0.4, 0.5) is 0 Å². The van der Waals surface area contributed by atoms with E-state index < -0.39 is 49.5 Å². The second-order valence-electron chi connectivity index (χ2n) is 22.2. The van der Waals surface area contributed by atoms with Crippen LogP contribution >= 0.6 is 0 Å². The molecule has 0 spiro atoms. The predicted octanol–water partition coefficient (Wildman–Crippen LogP) is 15.8. The lowest BCUT2D eigenvalue weighted by Gasteiger charge is -2.40. The number of carbonyl (C=O) groups is 1. The van der Waals surface area contributed by atoms with Crippen molar-refractivity contribution in [1.82, 2.24) is 5.32 Å². The summed E-state index contributed by atoms with van der Waals surface area (Å²) in [5, 5.41) is 54.7. The molecule has 1 fully saturated rings. The third-order valence-electron chi connectivity index (χ3n) is 15.5. The van der Waals surface area contributed by atoms with Crippen molar-refractivity contribution in [3.8, 4) is 0 Å². The van der Waals surface area contributed by atoms with Crippen LogP contribution in [0.2, 0.25) is 0 Å². The van der Waals surface area contributed by atoms with Gasteiger partial charge in [-0.05, 0) is 12.8 Å². The maximum atomic E-state index is 13.0. The minimum atomic E-state index is -1.55. The zero-order chi connectivity index (χ0) is 50.8. The second kappa shape index (κ2) is 51.7. The van der Waals surface area contributed by atoms with Crippen LogP contribution in [0.3, 0.4) is 0 Å². The van der Waals surface area contributed by atoms with E-state index in [9.17, 15) is 30.3 Å². The van der Waals surface area contributed by atoms with Crippen molar-refractivity contribution in [2.45, 2.75) is 371 Å². The molecular weight excluding hydrogens is 875 g/mol. The lowest BCUT2D eigenvalue weighted by atomic mass is 9.99. The van der Waals surface area contributed by atoms with E-state index in [0.29, 0.717) is 12.8 Å². The molecule has 1 aliphatic rings. The summed E-state index contributed by atoms with van der Waals surface area (Å²) in [4.78, 5) is 13.0. The van der Waals surface area contributed by atoms with E-state index in [-0.39, 0.29) is 12.5 Å². The number of aliphatic hydroxyl groups excluding tert-OH is 5.